The lowest BCUT2D eigenvalue weighted by Crippen LogP contribution is -2.39. The van der Waals surface area contributed by atoms with Crippen molar-refractivity contribution in [2.75, 3.05) is 13.2 Å². The van der Waals surface area contributed by atoms with Crippen molar-refractivity contribution in [3.05, 3.63) is 0 Å². The minimum absolute atomic E-state index is 0.279. The van der Waals surface area contributed by atoms with Crippen LogP contribution < -0.4 is 0 Å². The van der Waals surface area contributed by atoms with Crippen LogP contribution in [0.3, 0.4) is 0 Å². The molecule has 0 aromatic carbocycles. The lowest BCUT2D eigenvalue weighted by atomic mass is 10.0. The summed E-state index contributed by atoms with van der Waals surface area (Å²) in [6.07, 6.45) is 0.296. The summed E-state index contributed by atoms with van der Waals surface area (Å²) in [4.78, 5) is 0. The van der Waals surface area contributed by atoms with Crippen molar-refractivity contribution in [3.8, 4) is 0 Å². The van der Waals surface area contributed by atoms with Crippen LogP contribution >= 0.6 is 0 Å². The van der Waals surface area contributed by atoms with Crippen LogP contribution in [0.15, 0.2) is 0 Å². The Morgan fingerprint density at radius 2 is 2.57 bits per heavy atom. The van der Waals surface area contributed by atoms with Gasteiger partial charge in [0.2, 0.25) is 0 Å². The van der Waals surface area contributed by atoms with E-state index in [2.05, 4.69) is 0 Å². The van der Waals surface area contributed by atoms with Gasteiger partial charge >= 0.3 is 0 Å². The molecule has 2 unspecified atom stereocenters. The van der Waals surface area contributed by atoms with Gasteiger partial charge in [0, 0.05) is 5.92 Å². The Balaban J connectivity index is 2.16. The minimum atomic E-state index is 0.279. The van der Waals surface area contributed by atoms with Gasteiger partial charge in [0.15, 0.2) is 0 Å². The molecule has 1 fully saturated rings. The van der Waals surface area contributed by atoms with E-state index in [9.17, 15) is 0 Å². The summed E-state index contributed by atoms with van der Waals surface area (Å²) in [7, 11) is 0. The number of aliphatic hydroxyl groups excluding tert-OH is 1. The number of aliphatic hydroxyl groups is 1. The first kappa shape index (κ1) is 5.06. The second kappa shape index (κ2) is 1.80. The van der Waals surface area contributed by atoms with E-state index in [4.69, 9.17) is 9.84 Å². The first-order valence-corrected chi connectivity index (χ1v) is 2.57. The number of hydrogen-bond donors (Lipinski definition) is 1. The molecule has 0 amide bonds. The van der Waals surface area contributed by atoms with Gasteiger partial charge < -0.3 is 9.84 Å². The molecule has 7 heavy (non-hydrogen) atoms. The van der Waals surface area contributed by atoms with E-state index in [0.717, 1.165) is 6.61 Å². The maximum absolute atomic E-state index is 8.48. The zero-order chi connectivity index (χ0) is 5.28. The van der Waals surface area contributed by atoms with Crippen molar-refractivity contribution in [2.45, 2.75) is 13.0 Å². The standard InChI is InChI=1S/C5H10O2/c1-4-5(2-6)3-7-4/h4-6H,2-3H2,1H3. The van der Waals surface area contributed by atoms with Crippen molar-refractivity contribution in [1.82, 2.24) is 0 Å². The minimum Gasteiger partial charge on any atom is -0.396 e. The molecule has 0 radical (unpaired) electrons. The zero-order valence-electron chi connectivity index (χ0n) is 4.42. The summed E-state index contributed by atoms with van der Waals surface area (Å²) in [6, 6.07) is 0. The van der Waals surface area contributed by atoms with Crippen LogP contribution in [-0.2, 0) is 4.74 Å². The Kier molecular flexibility index (Phi) is 1.30. The van der Waals surface area contributed by atoms with Gasteiger partial charge in [-0.25, -0.2) is 0 Å². The van der Waals surface area contributed by atoms with Gasteiger partial charge in [-0.3, -0.25) is 0 Å². The predicted octanol–water partition coefficient (Wildman–Crippen LogP) is 0.0136. The average molecular weight is 102 g/mol. The van der Waals surface area contributed by atoms with Crippen molar-refractivity contribution in [2.24, 2.45) is 5.92 Å². The van der Waals surface area contributed by atoms with Gasteiger partial charge in [0.25, 0.3) is 0 Å². The normalized spacial score (nSPS) is 40.3. The second-order valence-corrected chi connectivity index (χ2v) is 1.98. The third-order valence-corrected chi connectivity index (χ3v) is 1.47. The smallest absolute Gasteiger partial charge is 0.0619 e. The molecule has 0 bridgehead atoms. The van der Waals surface area contributed by atoms with Crippen LogP contribution in [0.25, 0.3) is 0 Å². The molecule has 1 saturated heterocycles. The second-order valence-electron chi connectivity index (χ2n) is 1.98. The first-order chi connectivity index (χ1) is 3.34. The van der Waals surface area contributed by atoms with Gasteiger partial charge in [-0.2, -0.15) is 0 Å². The summed E-state index contributed by atoms with van der Waals surface area (Å²) in [5.41, 5.74) is 0. The SMILES string of the molecule is CC1OCC1CO. The van der Waals surface area contributed by atoms with Gasteiger partial charge in [-0.05, 0) is 6.92 Å². The molecule has 0 aliphatic carbocycles. The first-order valence-electron chi connectivity index (χ1n) is 2.57. The van der Waals surface area contributed by atoms with E-state index in [0.29, 0.717) is 12.0 Å². The highest BCUT2D eigenvalue weighted by molar-refractivity contribution is 4.72. The van der Waals surface area contributed by atoms with E-state index in [1.165, 1.54) is 0 Å². The van der Waals surface area contributed by atoms with Crippen molar-refractivity contribution in [3.63, 3.8) is 0 Å². The summed E-state index contributed by atoms with van der Waals surface area (Å²) >= 11 is 0. The van der Waals surface area contributed by atoms with Gasteiger partial charge in [0.1, 0.15) is 0 Å². The van der Waals surface area contributed by atoms with Gasteiger partial charge in [-0.1, -0.05) is 0 Å². The fourth-order valence-electron chi connectivity index (χ4n) is 0.626. The molecule has 1 N–H and O–H groups in total. The highest BCUT2D eigenvalue weighted by atomic mass is 16.5. The quantitative estimate of drug-likeness (QED) is 0.505. The Morgan fingerprint density at radius 1 is 1.86 bits per heavy atom. The topological polar surface area (TPSA) is 29.5 Å². The number of hydrogen-bond acceptors (Lipinski definition) is 2. The molecule has 0 spiro atoms. The fraction of sp³-hybridized carbons (Fsp3) is 1.00. The molecule has 0 aromatic rings. The van der Waals surface area contributed by atoms with Crippen LogP contribution in [0.1, 0.15) is 6.92 Å². The highest BCUT2D eigenvalue weighted by Crippen LogP contribution is 2.17. The summed E-state index contributed by atoms with van der Waals surface area (Å²) in [5, 5.41) is 8.48. The largest absolute Gasteiger partial charge is 0.396 e. The molecule has 42 valence electrons. The molecular weight excluding hydrogens is 92.1 g/mol. The van der Waals surface area contributed by atoms with E-state index >= 15 is 0 Å². The summed E-state index contributed by atoms with van der Waals surface area (Å²) in [5.74, 6) is 0.417. The number of rotatable bonds is 1. The molecule has 2 heteroatoms. The lowest BCUT2D eigenvalue weighted by Gasteiger charge is -2.32. The molecule has 0 aromatic heterocycles. The van der Waals surface area contributed by atoms with E-state index in [1.54, 1.807) is 0 Å². The summed E-state index contributed by atoms with van der Waals surface area (Å²) in [6.45, 7) is 3.00. The molecule has 1 aliphatic heterocycles. The highest BCUT2D eigenvalue weighted by Gasteiger charge is 2.26. The third kappa shape index (κ3) is 0.763. The summed E-state index contributed by atoms with van der Waals surface area (Å²) < 4.78 is 4.97. The third-order valence-electron chi connectivity index (χ3n) is 1.47. The lowest BCUT2D eigenvalue weighted by molar-refractivity contribution is -0.120. The maximum atomic E-state index is 8.48. The zero-order valence-corrected chi connectivity index (χ0v) is 4.42. The van der Waals surface area contributed by atoms with Gasteiger partial charge in [-0.15, -0.1) is 0 Å². The Morgan fingerprint density at radius 3 is 2.57 bits per heavy atom. The van der Waals surface area contributed by atoms with Gasteiger partial charge in [0.05, 0.1) is 19.3 Å². The maximum Gasteiger partial charge on any atom is 0.0619 e. The Bertz CT molecular complexity index is 61.1. The van der Waals surface area contributed by atoms with Crippen molar-refractivity contribution in [1.29, 1.82) is 0 Å². The van der Waals surface area contributed by atoms with Crippen molar-refractivity contribution >= 4 is 0 Å². The van der Waals surface area contributed by atoms with Crippen LogP contribution in [0, 0.1) is 5.92 Å². The Labute approximate surface area is 43.1 Å². The monoisotopic (exact) mass is 102 g/mol. The van der Waals surface area contributed by atoms with Crippen LogP contribution in [-0.4, -0.2) is 24.4 Å². The van der Waals surface area contributed by atoms with Crippen LogP contribution in [0.4, 0.5) is 0 Å². The Hall–Kier alpha value is -0.0800. The van der Waals surface area contributed by atoms with Crippen molar-refractivity contribution < 1.29 is 9.84 Å². The molecule has 1 heterocycles. The molecule has 2 atom stereocenters. The van der Waals surface area contributed by atoms with E-state index in [-0.39, 0.29) is 6.61 Å². The average Bonchev–Trinajstić information content (AvgIpc) is 1.65. The van der Waals surface area contributed by atoms with Crippen LogP contribution in [0.2, 0.25) is 0 Å². The molecular formula is C5H10O2. The molecule has 2 nitrogen and oxygen atoms in total. The fourth-order valence-corrected chi connectivity index (χ4v) is 0.626. The molecule has 1 aliphatic rings. The van der Waals surface area contributed by atoms with Crippen LogP contribution in [0.5, 0.6) is 0 Å². The molecule has 0 saturated carbocycles. The van der Waals surface area contributed by atoms with E-state index in [1.807, 2.05) is 6.92 Å². The van der Waals surface area contributed by atoms with E-state index < -0.39 is 0 Å². The number of ether oxygens (including phenoxy) is 1. The predicted molar refractivity (Wildman–Crippen MR) is 26.0 cm³/mol. The molecule has 1 rings (SSSR count).